The molecule has 0 saturated carbocycles. The number of nitrogens with one attached hydrogen (secondary N) is 1. The topological polar surface area (TPSA) is 76.9 Å². The fraction of sp³-hybridized carbons (Fsp3) is 0.300. The molecule has 0 fully saturated rings. The van der Waals surface area contributed by atoms with Crippen LogP contribution in [0.25, 0.3) is 10.8 Å². The number of fused-ring (bicyclic) bond motifs is 1. The van der Waals surface area contributed by atoms with Crippen LogP contribution >= 0.6 is 11.6 Å². The van der Waals surface area contributed by atoms with Crippen molar-refractivity contribution in [3.63, 3.8) is 0 Å². The molecule has 0 saturated heterocycles. The van der Waals surface area contributed by atoms with Gasteiger partial charge in [-0.2, -0.15) is 5.10 Å². The molecule has 0 spiro atoms. The Labute approximate surface area is 162 Å². The summed E-state index contributed by atoms with van der Waals surface area (Å²) in [6, 6.07) is 12.8. The summed E-state index contributed by atoms with van der Waals surface area (Å²) in [5, 5.41) is 8.65. The van der Waals surface area contributed by atoms with Gasteiger partial charge in [0, 0.05) is 17.5 Å². The van der Waals surface area contributed by atoms with Gasteiger partial charge in [-0.1, -0.05) is 24.3 Å². The van der Waals surface area contributed by atoms with Crippen LogP contribution in [-0.2, 0) is 17.9 Å². The number of pyridine rings is 1. The molecule has 2 heterocycles. The molecule has 1 aromatic carbocycles. The quantitative estimate of drug-likeness (QED) is 0.663. The molecule has 0 aliphatic heterocycles. The SMILES string of the molecule is CC(C)(CCl)C(=O)NCc1nn(Cc2ccccn2)c(=O)c2ccccc12. The van der Waals surface area contributed by atoms with E-state index in [0.717, 1.165) is 11.1 Å². The minimum Gasteiger partial charge on any atom is -0.350 e. The normalized spacial score (nSPS) is 11.5. The summed E-state index contributed by atoms with van der Waals surface area (Å²) < 4.78 is 1.39. The lowest BCUT2D eigenvalue weighted by atomic mass is 9.95. The summed E-state index contributed by atoms with van der Waals surface area (Å²) in [6.07, 6.45) is 1.68. The van der Waals surface area contributed by atoms with Gasteiger partial charge in [-0.05, 0) is 32.0 Å². The van der Waals surface area contributed by atoms with Crippen LogP contribution in [0.4, 0.5) is 0 Å². The highest BCUT2D eigenvalue weighted by Crippen LogP contribution is 2.18. The highest BCUT2D eigenvalue weighted by atomic mass is 35.5. The van der Waals surface area contributed by atoms with Gasteiger partial charge in [-0.3, -0.25) is 14.6 Å². The van der Waals surface area contributed by atoms with Crippen molar-refractivity contribution in [3.8, 4) is 0 Å². The van der Waals surface area contributed by atoms with E-state index in [1.807, 2.05) is 36.4 Å². The predicted molar refractivity (Wildman–Crippen MR) is 106 cm³/mol. The van der Waals surface area contributed by atoms with Gasteiger partial charge < -0.3 is 5.32 Å². The third-order valence-electron chi connectivity index (χ3n) is 4.35. The Bertz CT molecular complexity index is 1020. The van der Waals surface area contributed by atoms with Crippen molar-refractivity contribution in [2.75, 3.05) is 5.88 Å². The van der Waals surface area contributed by atoms with Gasteiger partial charge in [0.15, 0.2) is 0 Å². The van der Waals surface area contributed by atoms with Crippen LogP contribution in [-0.4, -0.2) is 26.6 Å². The molecule has 0 aliphatic carbocycles. The number of hydrogen-bond donors (Lipinski definition) is 1. The van der Waals surface area contributed by atoms with E-state index in [4.69, 9.17) is 11.6 Å². The number of carbonyl (C=O) groups is 1. The monoisotopic (exact) mass is 384 g/mol. The molecule has 2 aromatic heterocycles. The Morgan fingerprint density at radius 2 is 1.85 bits per heavy atom. The molecule has 27 heavy (non-hydrogen) atoms. The Balaban J connectivity index is 1.97. The van der Waals surface area contributed by atoms with Gasteiger partial charge in [0.1, 0.15) is 0 Å². The minimum atomic E-state index is -0.681. The highest BCUT2D eigenvalue weighted by Gasteiger charge is 2.26. The Kier molecular flexibility index (Phi) is 5.56. The summed E-state index contributed by atoms with van der Waals surface area (Å²) in [7, 11) is 0. The van der Waals surface area contributed by atoms with Crippen molar-refractivity contribution in [1.29, 1.82) is 0 Å². The number of carbonyl (C=O) groups excluding carboxylic acids is 1. The van der Waals surface area contributed by atoms with Gasteiger partial charge in [-0.25, -0.2) is 4.68 Å². The van der Waals surface area contributed by atoms with Crippen LogP contribution in [0.1, 0.15) is 25.2 Å². The molecule has 1 amide bonds. The molecule has 6 nitrogen and oxygen atoms in total. The highest BCUT2D eigenvalue weighted by molar-refractivity contribution is 6.19. The van der Waals surface area contributed by atoms with E-state index in [1.54, 1.807) is 26.1 Å². The molecule has 0 bridgehead atoms. The predicted octanol–water partition coefficient (Wildman–Crippen LogP) is 2.72. The minimum absolute atomic E-state index is 0.161. The van der Waals surface area contributed by atoms with Crippen molar-refractivity contribution in [1.82, 2.24) is 20.1 Å². The lowest BCUT2D eigenvalue weighted by molar-refractivity contribution is -0.128. The zero-order valence-electron chi connectivity index (χ0n) is 15.3. The van der Waals surface area contributed by atoms with Gasteiger partial charge in [0.25, 0.3) is 5.56 Å². The largest absolute Gasteiger partial charge is 0.350 e. The molecule has 0 unspecified atom stereocenters. The second kappa shape index (κ2) is 7.88. The maximum Gasteiger partial charge on any atom is 0.275 e. The van der Waals surface area contributed by atoms with Crippen LogP contribution in [0.3, 0.4) is 0 Å². The number of benzene rings is 1. The number of rotatable bonds is 6. The van der Waals surface area contributed by atoms with E-state index in [0.29, 0.717) is 11.1 Å². The zero-order valence-corrected chi connectivity index (χ0v) is 16.0. The lowest BCUT2D eigenvalue weighted by Gasteiger charge is -2.20. The third kappa shape index (κ3) is 4.17. The number of halogens is 1. The second-order valence-corrected chi connectivity index (χ2v) is 7.24. The van der Waals surface area contributed by atoms with E-state index in [-0.39, 0.29) is 30.4 Å². The Hall–Kier alpha value is -2.73. The summed E-state index contributed by atoms with van der Waals surface area (Å²) in [5.74, 6) is 0.0532. The molecule has 140 valence electrons. The molecule has 3 rings (SSSR count). The smallest absolute Gasteiger partial charge is 0.275 e. The number of nitrogens with zero attached hydrogens (tertiary/aromatic N) is 3. The number of aromatic nitrogens is 3. The first-order chi connectivity index (χ1) is 12.9. The number of alkyl halides is 1. The van der Waals surface area contributed by atoms with Crippen LogP contribution < -0.4 is 10.9 Å². The maximum atomic E-state index is 12.8. The number of hydrogen-bond acceptors (Lipinski definition) is 4. The number of amides is 1. The molecule has 0 atom stereocenters. The maximum absolute atomic E-state index is 12.8. The van der Waals surface area contributed by atoms with Gasteiger partial charge in [-0.15, -0.1) is 11.6 Å². The molecular weight excluding hydrogens is 364 g/mol. The molecule has 0 aliphatic rings. The average Bonchev–Trinajstić information content (AvgIpc) is 2.69. The summed E-state index contributed by atoms with van der Waals surface area (Å²) in [5.41, 5.74) is 0.493. The van der Waals surface area contributed by atoms with Crippen LogP contribution in [0.15, 0.2) is 53.5 Å². The lowest BCUT2D eigenvalue weighted by Crippen LogP contribution is -2.38. The van der Waals surface area contributed by atoms with Crippen molar-refractivity contribution < 1.29 is 4.79 Å². The Morgan fingerprint density at radius 1 is 1.15 bits per heavy atom. The van der Waals surface area contributed by atoms with E-state index in [1.165, 1.54) is 4.68 Å². The van der Waals surface area contributed by atoms with Crippen molar-refractivity contribution in [3.05, 3.63) is 70.4 Å². The van der Waals surface area contributed by atoms with E-state index in [2.05, 4.69) is 15.4 Å². The zero-order chi connectivity index (χ0) is 19.4. The molecule has 0 radical (unpaired) electrons. The van der Waals surface area contributed by atoms with E-state index >= 15 is 0 Å². The van der Waals surface area contributed by atoms with E-state index in [9.17, 15) is 9.59 Å². The summed E-state index contributed by atoms with van der Waals surface area (Å²) in [6.45, 7) is 4.03. The molecular formula is C20H21ClN4O2. The first-order valence-corrected chi connectivity index (χ1v) is 9.19. The molecule has 1 N–H and O–H groups in total. The first kappa shape index (κ1) is 19.0. The summed E-state index contributed by atoms with van der Waals surface area (Å²) >= 11 is 5.87. The van der Waals surface area contributed by atoms with Crippen molar-refractivity contribution >= 4 is 28.3 Å². The fourth-order valence-electron chi connectivity index (χ4n) is 2.65. The van der Waals surface area contributed by atoms with Crippen molar-refractivity contribution in [2.24, 2.45) is 5.41 Å². The van der Waals surface area contributed by atoms with Gasteiger partial charge in [0.05, 0.1) is 35.3 Å². The summed E-state index contributed by atoms with van der Waals surface area (Å²) in [4.78, 5) is 29.4. The van der Waals surface area contributed by atoms with Crippen LogP contribution in [0, 0.1) is 5.41 Å². The first-order valence-electron chi connectivity index (χ1n) is 8.65. The van der Waals surface area contributed by atoms with Crippen molar-refractivity contribution in [2.45, 2.75) is 26.9 Å². The molecule has 3 aromatic rings. The Morgan fingerprint density at radius 3 is 2.52 bits per heavy atom. The fourth-order valence-corrected chi connectivity index (χ4v) is 2.77. The van der Waals surface area contributed by atoms with Gasteiger partial charge >= 0.3 is 0 Å². The second-order valence-electron chi connectivity index (χ2n) is 6.98. The van der Waals surface area contributed by atoms with E-state index < -0.39 is 5.41 Å². The van der Waals surface area contributed by atoms with Gasteiger partial charge in [0.2, 0.25) is 5.91 Å². The van der Waals surface area contributed by atoms with Crippen LogP contribution in [0.5, 0.6) is 0 Å². The average molecular weight is 385 g/mol. The molecule has 7 heteroatoms. The van der Waals surface area contributed by atoms with Crippen LogP contribution in [0.2, 0.25) is 0 Å². The third-order valence-corrected chi connectivity index (χ3v) is 5.02. The standard InChI is InChI=1S/C20H21ClN4O2/c1-20(2,13-21)19(27)23-11-17-15-8-3-4-9-16(15)18(26)25(24-17)12-14-7-5-6-10-22-14/h3-10H,11-13H2,1-2H3,(H,23,27).